The van der Waals surface area contributed by atoms with E-state index in [0.717, 1.165) is 9.13 Å². The van der Waals surface area contributed by atoms with Crippen molar-refractivity contribution in [1.82, 2.24) is 0 Å². The topological polar surface area (TPSA) is 37.3 Å². The minimum Gasteiger partial charge on any atom is -0.478 e. The maximum absolute atomic E-state index is 11.0. The molecule has 1 fully saturated rings. The van der Waals surface area contributed by atoms with Crippen LogP contribution in [-0.2, 0) is 0 Å². The number of aromatic carboxylic acids is 1. The van der Waals surface area contributed by atoms with Gasteiger partial charge in [0.25, 0.3) is 0 Å². The molecule has 1 aromatic rings. The SMILES string of the molecule is Cc1c(C(=O)O)cc(I)c(C2CC2)c1C. The summed E-state index contributed by atoms with van der Waals surface area (Å²) >= 11 is 2.25. The molecule has 3 heteroatoms. The summed E-state index contributed by atoms with van der Waals surface area (Å²) in [4.78, 5) is 11.0. The monoisotopic (exact) mass is 316 g/mol. The van der Waals surface area contributed by atoms with Crippen LogP contribution in [0.3, 0.4) is 0 Å². The van der Waals surface area contributed by atoms with Crippen molar-refractivity contribution in [2.24, 2.45) is 0 Å². The van der Waals surface area contributed by atoms with Crippen molar-refractivity contribution in [3.63, 3.8) is 0 Å². The molecule has 0 saturated heterocycles. The Hall–Kier alpha value is -0.580. The molecule has 1 aromatic carbocycles. The van der Waals surface area contributed by atoms with E-state index in [2.05, 4.69) is 22.6 Å². The van der Waals surface area contributed by atoms with Crippen LogP contribution in [0.15, 0.2) is 6.07 Å². The van der Waals surface area contributed by atoms with Gasteiger partial charge in [-0.1, -0.05) is 0 Å². The average molecular weight is 316 g/mol. The van der Waals surface area contributed by atoms with Gasteiger partial charge >= 0.3 is 5.97 Å². The first kappa shape index (κ1) is 10.9. The van der Waals surface area contributed by atoms with Gasteiger partial charge in [0.05, 0.1) is 5.56 Å². The Morgan fingerprint density at radius 2 is 2.00 bits per heavy atom. The van der Waals surface area contributed by atoms with E-state index in [1.165, 1.54) is 24.0 Å². The van der Waals surface area contributed by atoms with Gasteiger partial charge in [-0.15, -0.1) is 0 Å². The number of halogens is 1. The van der Waals surface area contributed by atoms with Crippen LogP contribution in [0.25, 0.3) is 0 Å². The summed E-state index contributed by atoms with van der Waals surface area (Å²) in [6.45, 7) is 3.94. The average Bonchev–Trinajstić information content (AvgIpc) is 2.95. The van der Waals surface area contributed by atoms with E-state index in [1.54, 1.807) is 6.07 Å². The lowest BCUT2D eigenvalue weighted by Gasteiger charge is -2.13. The third-order valence-electron chi connectivity index (χ3n) is 3.11. The zero-order valence-corrected chi connectivity index (χ0v) is 11.0. The van der Waals surface area contributed by atoms with Gasteiger partial charge in [-0.3, -0.25) is 0 Å². The number of hydrogen-bond acceptors (Lipinski definition) is 1. The van der Waals surface area contributed by atoms with E-state index < -0.39 is 5.97 Å². The molecule has 0 heterocycles. The molecule has 80 valence electrons. The Morgan fingerprint density at radius 3 is 2.47 bits per heavy atom. The van der Waals surface area contributed by atoms with Gasteiger partial charge in [0.2, 0.25) is 0 Å². The zero-order chi connectivity index (χ0) is 11.2. The van der Waals surface area contributed by atoms with Crippen LogP contribution in [0.5, 0.6) is 0 Å². The molecule has 0 aliphatic heterocycles. The predicted molar refractivity (Wildman–Crippen MR) is 67.6 cm³/mol. The first-order chi connectivity index (χ1) is 7.02. The molecule has 1 N–H and O–H groups in total. The molecule has 1 aliphatic rings. The standard InChI is InChI=1S/C12H13IO2/c1-6-7(2)11(8-3-4-8)10(13)5-9(6)12(14)15/h5,8H,3-4H2,1-2H3,(H,14,15). The predicted octanol–water partition coefficient (Wildman–Crippen LogP) is 3.48. The highest BCUT2D eigenvalue weighted by atomic mass is 127. The van der Waals surface area contributed by atoms with Crippen LogP contribution in [-0.4, -0.2) is 11.1 Å². The van der Waals surface area contributed by atoms with Gasteiger partial charge in [0.1, 0.15) is 0 Å². The van der Waals surface area contributed by atoms with Crippen LogP contribution in [0, 0.1) is 17.4 Å². The lowest BCUT2D eigenvalue weighted by atomic mass is 9.95. The van der Waals surface area contributed by atoms with E-state index in [-0.39, 0.29) is 0 Å². The first-order valence-electron chi connectivity index (χ1n) is 5.05. The summed E-state index contributed by atoms with van der Waals surface area (Å²) in [6, 6.07) is 1.80. The minimum absolute atomic E-state index is 0.446. The van der Waals surface area contributed by atoms with Crippen molar-refractivity contribution in [1.29, 1.82) is 0 Å². The molecule has 0 unspecified atom stereocenters. The zero-order valence-electron chi connectivity index (χ0n) is 8.80. The van der Waals surface area contributed by atoms with E-state index in [1.807, 2.05) is 13.8 Å². The fourth-order valence-corrected chi connectivity index (χ4v) is 3.15. The van der Waals surface area contributed by atoms with Gasteiger partial charge in [0, 0.05) is 3.57 Å². The fraction of sp³-hybridized carbons (Fsp3) is 0.417. The van der Waals surface area contributed by atoms with Crippen LogP contribution in [0.1, 0.15) is 45.8 Å². The molecule has 0 atom stereocenters. The minimum atomic E-state index is -0.823. The van der Waals surface area contributed by atoms with Gasteiger partial charge in [-0.2, -0.15) is 0 Å². The van der Waals surface area contributed by atoms with Crippen molar-refractivity contribution in [3.8, 4) is 0 Å². The number of carbonyl (C=O) groups is 1. The Balaban J connectivity index is 2.61. The second kappa shape index (κ2) is 3.77. The highest BCUT2D eigenvalue weighted by Crippen LogP contribution is 2.44. The number of carboxylic acid groups (broad SMARTS) is 1. The van der Waals surface area contributed by atoms with Crippen molar-refractivity contribution >= 4 is 28.6 Å². The van der Waals surface area contributed by atoms with Crippen LogP contribution in [0.2, 0.25) is 0 Å². The fourth-order valence-electron chi connectivity index (χ4n) is 1.99. The molecule has 0 radical (unpaired) electrons. The van der Waals surface area contributed by atoms with Crippen LogP contribution < -0.4 is 0 Å². The van der Waals surface area contributed by atoms with Gasteiger partial charge < -0.3 is 5.11 Å². The molecule has 2 nitrogen and oxygen atoms in total. The smallest absolute Gasteiger partial charge is 0.335 e. The van der Waals surface area contributed by atoms with Gasteiger partial charge in [-0.05, 0) is 78.0 Å². The van der Waals surface area contributed by atoms with Crippen molar-refractivity contribution in [3.05, 3.63) is 31.9 Å². The summed E-state index contributed by atoms with van der Waals surface area (Å²) in [5.74, 6) is -0.144. The molecular weight excluding hydrogens is 303 g/mol. The summed E-state index contributed by atoms with van der Waals surface area (Å²) in [5.41, 5.74) is 3.91. The molecule has 1 aliphatic carbocycles. The lowest BCUT2D eigenvalue weighted by Crippen LogP contribution is -2.05. The summed E-state index contributed by atoms with van der Waals surface area (Å²) in [5, 5.41) is 9.06. The molecule has 0 spiro atoms. The van der Waals surface area contributed by atoms with Gasteiger partial charge in [-0.25, -0.2) is 4.79 Å². The third-order valence-corrected chi connectivity index (χ3v) is 4.01. The Bertz CT molecular complexity index is 434. The largest absolute Gasteiger partial charge is 0.478 e. The van der Waals surface area contributed by atoms with E-state index in [9.17, 15) is 4.79 Å². The van der Waals surface area contributed by atoms with E-state index >= 15 is 0 Å². The summed E-state index contributed by atoms with van der Waals surface area (Å²) < 4.78 is 1.11. The van der Waals surface area contributed by atoms with Crippen molar-refractivity contribution < 1.29 is 9.90 Å². The van der Waals surface area contributed by atoms with Crippen molar-refractivity contribution in [2.75, 3.05) is 0 Å². The molecule has 0 bridgehead atoms. The maximum Gasteiger partial charge on any atom is 0.335 e. The first-order valence-corrected chi connectivity index (χ1v) is 6.13. The Labute approximate surface area is 103 Å². The van der Waals surface area contributed by atoms with Crippen molar-refractivity contribution in [2.45, 2.75) is 32.6 Å². The van der Waals surface area contributed by atoms with Gasteiger partial charge in [0.15, 0.2) is 0 Å². The number of rotatable bonds is 2. The molecule has 2 rings (SSSR count). The quantitative estimate of drug-likeness (QED) is 0.848. The molecule has 0 amide bonds. The number of hydrogen-bond donors (Lipinski definition) is 1. The van der Waals surface area contributed by atoms with Crippen LogP contribution in [0.4, 0.5) is 0 Å². The molecule has 1 saturated carbocycles. The van der Waals surface area contributed by atoms with Crippen LogP contribution >= 0.6 is 22.6 Å². The second-order valence-electron chi connectivity index (χ2n) is 4.15. The Kier molecular flexibility index (Phi) is 2.75. The molecule has 15 heavy (non-hydrogen) atoms. The maximum atomic E-state index is 11.0. The molecule has 0 aromatic heterocycles. The third kappa shape index (κ3) is 1.89. The number of benzene rings is 1. The van der Waals surface area contributed by atoms with E-state index in [4.69, 9.17) is 5.11 Å². The lowest BCUT2D eigenvalue weighted by molar-refractivity contribution is 0.0696. The molecular formula is C12H13IO2. The van der Waals surface area contributed by atoms with E-state index in [0.29, 0.717) is 11.5 Å². The second-order valence-corrected chi connectivity index (χ2v) is 5.31. The highest BCUT2D eigenvalue weighted by Gasteiger charge is 2.29. The number of carboxylic acids is 1. The Morgan fingerprint density at radius 1 is 1.40 bits per heavy atom. The highest BCUT2D eigenvalue weighted by molar-refractivity contribution is 14.1. The summed E-state index contributed by atoms with van der Waals surface area (Å²) in [7, 11) is 0. The normalized spacial score (nSPS) is 15.4. The summed E-state index contributed by atoms with van der Waals surface area (Å²) in [6.07, 6.45) is 2.51.